The van der Waals surface area contributed by atoms with Gasteiger partial charge >= 0.3 is 11.9 Å². The topological polar surface area (TPSA) is 102 Å². The van der Waals surface area contributed by atoms with Gasteiger partial charge in [0.05, 0.1) is 12.7 Å². The Bertz CT molecular complexity index is 742. The number of nitrogens with one attached hydrogen (secondary N) is 1. The lowest BCUT2D eigenvalue weighted by atomic mass is 10.1. The van der Waals surface area contributed by atoms with Crippen LogP contribution in [0.5, 0.6) is 0 Å². The monoisotopic (exact) mass is 343 g/mol. The van der Waals surface area contributed by atoms with E-state index in [0.717, 1.165) is 0 Å². The molecule has 0 aliphatic carbocycles. The molecule has 1 atom stereocenters. The zero-order chi connectivity index (χ0) is 18.2. The maximum atomic E-state index is 11.8. The van der Waals surface area contributed by atoms with Crippen molar-refractivity contribution in [2.75, 3.05) is 19.0 Å². The van der Waals surface area contributed by atoms with Crippen molar-refractivity contribution < 1.29 is 29.0 Å². The van der Waals surface area contributed by atoms with Gasteiger partial charge < -0.3 is 19.9 Å². The summed E-state index contributed by atoms with van der Waals surface area (Å²) in [6.07, 6.45) is -1.45. The second-order valence-electron chi connectivity index (χ2n) is 5.04. The van der Waals surface area contributed by atoms with Crippen molar-refractivity contribution in [2.24, 2.45) is 0 Å². The molecule has 0 heterocycles. The summed E-state index contributed by atoms with van der Waals surface area (Å²) in [6, 6.07) is 14.3. The van der Waals surface area contributed by atoms with E-state index in [9.17, 15) is 19.5 Å². The molecule has 0 saturated carbocycles. The third kappa shape index (κ3) is 5.15. The number of aliphatic hydroxyl groups is 1. The van der Waals surface area contributed by atoms with Crippen LogP contribution in [0, 0.1) is 0 Å². The van der Waals surface area contributed by atoms with Crippen LogP contribution in [-0.4, -0.2) is 36.7 Å². The Balaban J connectivity index is 1.84. The number of amides is 1. The van der Waals surface area contributed by atoms with Gasteiger partial charge in [0.1, 0.15) is 0 Å². The molecule has 0 spiro atoms. The number of rotatable bonds is 6. The first kappa shape index (κ1) is 18.2. The van der Waals surface area contributed by atoms with Crippen molar-refractivity contribution in [2.45, 2.75) is 6.10 Å². The summed E-state index contributed by atoms with van der Waals surface area (Å²) in [5.41, 5.74) is 1.15. The van der Waals surface area contributed by atoms with Gasteiger partial charge in [-0.15, -0.1) is 0 Å². The van der Waals surface area contributed by atoms with E-state index in [1.165, 1.54) is 31.4 Å². The Hall–Kier alpha value is -3.19. The molecule has 0 bridgehead atoms. The number of benzene rings is 2. The Kier molecular flexibility index (Phi) is 6.25. The molecule has 25 heavy (non-hydrogen) atoms. The Labute approximate surface area is 144 Å². The van der Waals surface area contributed by atoms with Crippen LogP contribution < -0.4 is 5.32 Å². The van der Waals surface area contributed by atoms with Gasteiger partial charge in [0, 0.05) is 5.69 Å². The fourth-order valence-corrected chi connectivity index (χ4v) is 1.99. The van der Waals surface area contributed by atoms with Crippen molar-refractivity contribution in [1.29, 1.82) is 0 Å². The Morgan fingerprint density at radius 2 is 1.68 bits per heavy atom. The fourth-order valence-electron chi connectivity index (χ4n) is 1.99. The van der Waals surface area contributed by atoms with Crippen molar-refractivity contribution in [1.82, 2.24) is 0 Å². The zero-order valence-electron chi connectivity index (χ0n) is 13.5. The molecule has 130 valence electrons. The first-order valence-electron chi connectivity index (χ1n) is 7.39. The van der Waals surface area contributed by atoms with Crippen LogP contribution in [0.3, 0.4) is 0 Å². The fraction of sp³-hybridized carbons (Fsp3) is 0.167. The summed E-state index contributed by atoms with van der Waals surface area (Å²) < 4.78 is 9.37. The maximum absolute atomic E-state index is 11.8. The van der Waals surface area contributed by atoms with E-state index in [2.05, 4.69) is 10.1 Å². The third-order valence-electron chi connectivity index (χ3n) is 3.27. The van der Waals surface area contributed by atoms with Crippen LogP contribution >= 0.6 is 0 Å². The lowest BCUT2D eigenvalue weighted by Crippen LogP contribution is -2.24. The van der Waals surface area contributed by atoms with E-state index in [1.54, 1.807) is 30.3 Å². The third-order valence-corrected chi connectivity index (χ3v) is 3.27. The minimum absolute atomic E-state index is 0.345. The minimum Gasteiger partial charge on any atom is -0.465 e. The van der Waals surface area contributed by atoms with E-state index in [4.69, 9.17) is 4.74 Å². The second-order valence-corrected chi connectivity index (χ2v) is 5.04. The molecule has 7 heteroatoms. The molecule has 0 fully saturated rings. The summed E-state index contributed by atoms with van der Waals surface area (Å²) in [6.45, 7) is -0.540. The summed E-state index contributed by atoms with van der Waals surface area (Å²) in [7, 11) is 1.27. The number of hydrogen-bond acceptors (Lipinski definition) is 6. The normalized spacial score (nSPS) is 11.3. The summed E-state index contributed by atoms with van der Waals surface area (Å²) in [4.78, 5) is 34.9. The van der Waals surface area contributed by atoms with Crippen molar-refractivity contribution in [3.05, 3.63) is 65.7 Å². The molecule has 0 aromatic heterocycles. The van der Waals surface area contributed by atoms with E-state index < -0.39 is 30.6 Å². The van der Waals surface area contributed by atoms with E-state index in [0.29, 0.717) is 16.8 Å². The molecule has 0 saturated heterocycles. The Morgan fingerprint density at radius 3 is 2.28 bits per heavy atom. The largest absolute Gasteiger partial charge is 0.465 e. The summed E-state index contributed by atoms with van der Waals surface area (Å²) in [5, 5.41) is 12.4. The van der Waals surface area contributed by atoms with Gasteiger partial charge in [0.25, 0.3) is 5.91 Å². The predicted octanol–water partition coefficient (Wildman–Crippen LogP) is 1.69. The first-order valence-corrected chi connectivity index (χ1v) is 7.39. The Morgan fingerprint density at radius 1 is 1.04 bits per heavy atom. The van der Waals surface area contributed by atoms with Gasteiger partial charge in [0.2, 0.25) is 0 Å². The molecule has 2 rings (SSSR count). The lowest BCUT2D eigenvalue weighted by molar-refractivity contribution is -0.156. The minimum atomic E-state index is -1.45. The molecular formula is C18H17NO6. The molecule has 2 N–H and O–H groups in total. The van der Waals surface area contributed by atoms with E-state index in [-0.39, 0.29) is 0 Å². The number of aliphatic hydroxyl groups excluding tert-OH is 1. The number of hydrogen-bond donors (Lipinski definition) is 2. The number of esters is 2. The van der Waals surface area contributed by atoms with Crippen molar-refractivity contribution >= 4 is 23.5 Å². The number of carbonyl (C=O) groups is 3. The van der Waals surface area contributed by atoms with E-state index >= 15 is 0 Å². The molecule has 0 aliphatic heterocycles. The van der Waals surface area contributed by atoms with Gasteiger partial charge in [-0.1, -0.05) is 30.3 Å². The average Bonchev–Trinajstić information content (AvgIpc) is 2.66. The van der Waals surface area contributed by atoms with Crippen LogP contribution in [0.15, 0.2) is 54.6 Å². The SMILES string of the molecule is COC(=O)c1ccc(NC(=O)COC(=O)[C@@H](O)c2ccccc2)cc1. The number of methoxy groups -OCH3 is 1. The van der Waals surface area contributed by atoms with Gasteiger partial charge in [-0.05, 0) is 29.8 Å². The van der Waals surface area contributed by atoms with Crippen LogP contribution in [0.2, 0.25) is 0 Å². The molecule has 2 aromatic rings. The van der Waals surface area contributed by atoms with Gasteiger partial charge in [-0.25, -0.2) is 9.59 Å². The van der Waals surface area contributed by atoms with Crippen LogP contribution in [0.25, 0.3) is 0 Å². The highest BCUT2D eigenvalue weighted by molar-refractivity contribution is 5.94. The standard InChI is InChI=1S/C18H17NO6/c1-24-17(22)13-7-9-14(10-8-13)19-15(20)11-25-18(23)16(21)12-5-3-2-4-6-12/h2-10,16,21H,11H2,1H3,(H,19,20)/t16-/m0/s1. The van der Waals surface area contributed by atoms with Gasteiger partial charge in [-0.3, -0.25) is 4.79 Å². The number of carbonyl (C=O) groups excluding carboxylic acids is 3. The maximum Gasteiger partial charge on any atom is 0.340 e. The van der Waals surface area contributed by atoms with Crippen molar-refractivity contribution in [3.8, 4) is 0 Å². The van der Waals surface area contributed by atoms with Crippen LogP contribution in [-0.2, 0) is 19.1 Å². The first-order chi connectivity index (χ1) is 12.0. The molecule has 0 aliphatic rings. The molecule has 2 aromatic carbocycles. The molecule has 0 unspecified atom stereocenters. The van der Waals surface area contributed by atoms with Crippen LogP contribution in [0.1, 0.15) is 22.0 Å². The smallest absolute Gasteiger partial charge is 0.340 e. The molecule has 1 amide bonds. The quantitative estimate of drug-likeness (QED) is 0.774. The summed E-state index contributed by atoms with van der Waals surface area (Å²) >= 11 is 0. The van der Waals surface area contributed by atoms with E-state index in [1.807, 2.05) is 0 Å². The molecule has 0 radical (unpaired) electrons. The molecule has 7 nitrogen and oxygen atoms in total. The molecular weight excluding hydrogens is 326 g/mol. The zero-order valence-corrected chi connectivity index (χ0v) is 13.5. The predicted molar refractivity (Wildman–Crippen MR) is 88.8 cm³/mol. The second kappa shape index (κ2) is 8.60. The highest BCUT2D eigenvalue weighted by Crippen LogP contribution is 2.14. The number of ether oxygens (including phenoxy) is 2. The van der Waals surface area contributed by atoms with Crippen LogP contribution in [0.4, 0.5) is 5.69 Å². The van der Waals surface area contributed by atoms with Crippen molar-refractivity contribution in [3.63, 3.8) is 0 Å². The highest BCUT2D eigenvalue weighted by Gasteiger charge is 2.19. The highest BCUT2D eigenvalue weighted by atomic mass is 16.5. The van der Waals surface area contributed by atoms with Gasteiger partial charge in [0.15, 0.2) is 12.7 Å². The summed E-state index contributed by atoms with van der Waals surface area (Å²) in [5.74, 6) is -1.97. The number of anilines is 1. The average molecular weight is 343 g/mol. The van der Waals surface area contributed by atoms with Gasteiger partial charge in [-0.2, -0.15) is 0 Å². The lowest BCUT2D eigenvalue weighted by Gasteiger charge is -2.11.